The lowest BCUT2D eigenvalue weighted by molar-refractivity contribution is 0.194. The number of aryl methyl sites for hydroxylation is 2. The van der Waals surface area contributed by atoms with Crippen molar-refractivity contribution in [2.24, 2.45) is 5.92 Å². The topological polar surface area (TPSA) is 58.0 Å². The van der Waals surface area contributed by atoms with Crippen LogP contribution in [-0.4, -0.2) is 40.0 Å². The van der Waals surface area contributed by atoms with E-state index in [0.717, 1.165) is 28.7 Å². The summed E-state index contributed by atoms with van der Waals surface area (Å²) in [5.41, 5.74) is 3.17. The lowest BCUT2D eigenvalue weighted by Gasteiger charge is -2.13. The highest BCUT2D eigenvalue weighted by atomic mass is 32.2. The van der Waals surface area contributed by atoms with Crippen LogP contribution in [0.4, 0.5) is 0 Å². The van der Waals surface area contributed by atoms with Crippen LogP contribution in [0.25, 0.3) is 0 Å². The first-order valence-corrected chi connectivity index (χ1v) is 7.72. The molecule has 0 amide bonds. The van der Waals surface area contributed by atoms with Crippen LogP contribution >= 0.6 is 11.8 Å². The van der Waals surface area contributed by atoms with E-state index < -0.39 is 0 Å². The minimum absolute atomic E-state index is 0.366. The first-order valence-electron chi connectivity index (χ1n) is 6.73. The molecular formula is C14H25N3OS. The normalized spacial score (nSPS) is 13.0. The smallest absolute Gasteiger partial charge is 0.188 e. The van der Waals surface area contributed by atoms with Gasteiger partial charge in [0.2, 0.25) is 0 Å². The van der Waals surface area contributed by atoms with Gasteiger partial charge >= 0.3 is 0 Å². The van der Waals surface area contributed by atoms with Crippen molar-refractivity contribution in [2.75, 3.05) is 18.8 Å². The van der Waals surface area contributed by atoms with Crippen LogP contribution < -0.4 is 5.32 Å². The molecule has 1 heterocycles. The van der Waals surface area contributed by atoms with Crippen LogP contribution in [0.5, 0.6) is 0 Å². The zero-order valence-electron chi connectivity index (χ0n) is 12.5. The largest absolute Gasteiger partial charge is 0.391 e. The van der Waals surface area contributed by atoms with E-state index in [1.807, 2.05) is 20.8 Å². The number of rotatable bonds is 7. The highest BCUT2D eigenvalue weighted by molar-refractivity contribution is 7.99. The Kier molecular flexibility index (Phi) is 6.75. The predicted octanol–water partition coefficient (Wildman–Crippen LogP) is 2.10. The van der Waals surface area contributed by atoms with Gasteiger partial charge in [0.25, 0.3) is 0 Å². The van der Waals surface area contributed by atoms with Crippen LogP contribution in [0.2, 0.25) is 0 Å². The number of aliphatic hydroxyl groups is 1. The van der Waals surface area contributed by atoms with Gasteiger partial charge in [0.1, 0.15) is 0 Å². The van der Waals surface area contributed by atoms with Gasteiger partial charge in [-0.3, -0.25) is 0 Å². The number of aliphatic hydroxyl groups excluding tert-OH is 1. The summed E-state index contributed by atoms with van der Waals surface area (Å²) in [5, 5.41) is 13.9. The third kappa shape index (κ3) is 5.89. The molecule has 108 valence electrons. The Morgan fingerprint density at radius 3 is 2.21 bits per heavy atom. The molecule has 4 nitrogen and oxygen atoms in total. The van der Waals surface area contributed by atoms with E-state index in [0.29, 0.717) is 18.2 Å². The fraction of sp³-hybridized carbons (Fsp3) is 0.714. The second-order valence-electron chi connectivity index (χ2n) is 5.32. The zero-order chi connectivity index (χ0) is 14.4. The second kappa shape index (κ2) is 7.82. The summed E-state index contributed by atoms with van der Waals surface area (Å²) in [4.78, 5) is 8.87. The second-order valence-corrected chi connectivity index (χ2v) is 6.31. The van der Waals surface area contributed by atoms with E-state index in [4.69, 9.17) is 0 Å². The first-order chi connectivity index (χ1) is 8.90. The van der Waals surface area contributed by atoms with Crippen molar-refractivity contribution in [3.63, 3.8) is 0 Å². The van der Waals surface area contributed by atoms with Crippen molar-refractivity contribution in [3.05, 3.63) is 17.0 Å². The summed E-state index contributed by atoms with van der Waals surface area (Å²) in [6, 6.07) is 0. The summed E-state index contributed by atoms with van der Waals surface area (Å²) in [5.74, 6) is 1.22. The fourth-order valence-corrected chi connectivity index (χ4v) is 2.44. The average Bonchev–Trinajstić information content (AvgIpc) is 2.32. The first kappa shape index (κ1) is 16.4. The highest BCUT2D eigenvalue weighted by Gasteiger charge is 2.09. The van der Waals surface area contributed by atoms with E-state index >= 15 is 0 Å². The fourth-order valence-electron chi connectivity index (χ4n) is 1.57. The van der Waals surface area contributed by atoms with Gasteiger partial charge in [0.05, 0.1) is 6.10 Å². The molecule has 0 aliphatic heterocycles. The summed E-state index contributed by atoms with van der Waals surface area (Å²) in [7, 11) is 0. The highest BCUT2D eigenvalue weighted by Crippen LogP contribution is 2.17. The van der Waals surface area contributed by atoms with Crippen molar-refractivity contribution in [1.82, 2.24) is 15.3 Å². The van der Waals surface area contributed by atoms with Gasteiger partial charge in [0, 0.05) is 23.7 Å². The predicted molar refractivity (Wildman–Crippen MR) is 80.7 cm³/mol. The number of hydrogen-bond donors (Lipinski definition) is 2. The monoisotopic (exact) mass is 283 g/mol. The Hall–Kier alpha value is -0.650. The number of hydrogen-bond acceptors (Lipinski definition) is 5. The maximum atomic E-state index is 9.88. The van der Waals surface area contributed by atoms with Gasteiger partial charge in [-0.1, -0.05) is 25.6 Å². The van der Waals surface area contributed by atoms with Gasteiger partial charge in [-0.15, -0.1) is 0 Å². The molecule has 5 heteroatoms. The van der Waals surface area contributed by atoms with Crippen molar-refractivity contribution in [2.45, 2.75) is 45.9 Å². The van der Waals surface area contributed by atoms with E-state index in [-0.39, 0.29) is 6.10 Å². The van der Waals surface area contributed by atoms with E-state index in [1.165, 1.54) is 11.8 Å². The Morgan fingerprint density at radius 1 is 1.11 bits per heavy atom. The van der Waals surface area contributed by atoms with E-state index in [9.17, 15) is 5.11 Å². The summed E-state index contributed by atoms with van der Waals surface area (Å²) >= 11 is 1.51. The number of aromatic nitrogens is 2. The Morgan fingerprint density at radius 2 is 1.68 bits per heavy atom. The van der Waals surface area contributed by atoms with Crippen molar-refractivity contribution in [3.8, 4) is 0 Å². The maximum absolute atomic E-state index is 9.88. The van der Waals surface area contributed by atoms with Crippen LogP contribution in [0.15, 0.2) is 5.16 Å². The van der Waals surface area contributed by atoms with Gasteiger partial charge in [-0.2, -0.15) is 0 Å². The molecule has 0 aliphatic carbocycles. The Balaban J connectivity index is 2.40. The zero-order valence-corrected chi connectivity index (χ0v) is 13.3. The van der Waals surface area contributed by atoms with Crippen molar-refractivity contribution in [1.29, 1.82) is 0 Å². The van der Waals surface area contributed by atoms with Gasteiger partial charge in [-0.05, 0) is 38.8 Å². The minimum Gasteiger partial charge on any atom is -0.391 e. The maximum Gasteiger partial charge on any atom is 0.188 e. The van der Waals surface area contributed by atoms with Gasteiger partial charge in [0.15, 0.2) is 5.16 Å². The SMILES string of the molecule is Cc1nc(SCC(O)CNCC(C)C)nc(C)c1C. The lowest BCUT2D eigenvalue weighted by Crippen LogP contribution is -2.31. The molecule has 0 bridgehead atoms. The molecule has 1 atom stereocenters. The van der Waals surface area contributed by atoms with Crippen LogP contribution in [0, 0.1) is 26.7 Å². The average molecular weight is 283 g/mol. The molecule has 19 heavy (non-hydrogen) atoms. The third-order valence-corrected chi connectivity index (χ3v) is 3.94. The standard InChI is InChI=1S/C14H25N3OS/c1-9(2)6-15-7-13(18)8-19-14-16-11(4)10(3)12(5)17-14/h9,13,15,18H,6-8H2,1-5H3. The Labute approximate surface area is 120 Å². The minimum atomic E-state index is -0.366. The van der Waals surface area contributed by atoms with Crippen LogP contribution in [0.1, 0.15) is 30.8 Å². The molecule has 1 rings (SSSR count). The summed E-state index contributed by atoms with van der Waals surface area (Å²) in [6.07, 6.45) is -0.366. The number of nitrogens with zero attached hydrogens (tertiary/aromatic N) is 2. The number of nitrogens with one attached hydrogen (secondary N) is 1. The van der Waals surface area contributed by atoms with E-state index in [2.05, 4.69) is 29.1 Å². The molecule has 0 aliphatic rings. The molecule has 0 radical (unpaired) electrons. The molecule has 1 unspecified atom stereocenters. The lowest BCUT2D eigenvalue weighted by atomic mass is 10.2. The van der Waals surface area contributed by atoms with Crippen molar-refractivity contribution < 1.29 is 5.11 Å². The molecule has 0 spiro atoms. The van der Waals surface area contributed by atoms with Crippen LogP contribution in [0.3, 0.4) is 0 Å². The molecule has 0 fully saturated rings. The molecule has 0 saturated heterocycles. The summed E-state index contributed by atoms with van der Waals surface area (Å²) in [6.45, 7) is 11.9. The van der Waals surface area contributed by atoms with Crippen molar-refractivity contribution >= 4 is 11.8 Å². The number of thioether (sulfide) groups is 1. The third-order valence-electron chi connectivity index (χ3n) is 2.95. The van der Waals surface area contributed by atoms with Crippen LogP contribution in [-0.2, 0) is 0 Å². The Bertz CT molecular complexity index is 387. The van der Waals surface area contributed by atoms with Gasteiger partial charge < -0.3 is 10.4 Å². The summed E-state index contributed by atoms with van der Waals surface area (Å²) < 4.78 is 0. The molecule has 0 aromatic carbocycles. The molecular weight excluding hydrogens is 258 g/mol. The molecule has 1 aromatic rings. The van der Waals surface area contributed by atoms with E-state index in [1.54, 1.807) is 0 Å². The quantitative estimate of drug-likeness (QED) is 0.593. The molecule has 2 N–H and O–H groups in total. The molecule has 1 aromatic heterocycles. The molecule has 0 saturated carbocycles. The van der Waals surface area contributed by atoms with Gasteiger partial charge in [-0.25, -0.2) is 9.97 Å².